The van der Waals surface area contributed by atoms with Gasteiger partial charge in [-0.25, -0.2) is 13.2 Å². The number of rotatable bonds is 9. The molecule has 7 nitrogen and oxygen atoms in total. The first-order valence-corrected chi connectivity index (χ1v) is 10.2. The van der Waals surface area contributed by atoms with Gasteiger partial charge in [0, 0.05) is 5.69 Å². The Bertz CT molecular complexity index is 1050. The number of nitrogens with one attached hydrogen (secondary N) is 1. The van der Waals surface area contributed by atoms with E-state index in [0.717, 1.165) is 0 Å². The molecule has 0 aliphatic rings. The number of hydrogen-bond donors (Lipinski definition) is 2. The lowest BCUT2D eigenvalue weighted by Gasteiger charge is -2.10. The smallest absolute Gasteiger partial charge is 0.335 e. The van der Waals surface area contributed by atoms with E-state index in [1.165, 1.54) is 24.3 Å². The summed E-state index contributed by atoms with van der Waals surface area (Å²) in [6.07, 6.45) is 0. The number of carbonyl (C=O) groups is 1. The molecule has 8 heteroatoms. The Kier molecular flexibility index (Phi) is 6.36. The van der Waals surface area contributed by atoms with Crippen LogP contribution in [-0.2, 0) is 10.0 Å². The van der Waals surface area contributed by atoms with Crippen molar-refractivity contribution in [2.24, 2.45) is 0 Å². The number of hydrogen-bond acceptors (Lipinski definition) is 5. The number of sulfonamides is 1. The molecule has 150 valence electrons. The Morgan fingerprint density at radius 3 is 1.83 bits per heavy atom. The molecule has 0 spiro atoms. The molecule has 0 fully saturated rings. The van der Waals surface area contributed by atoms with Crippen molar-refractivity contribution in [1.29, 1.82) is 0 Å². The van der Waals surface area contributed by atoms with E-state index in [-0.39, 0.29) is 23.7 Å². The molecule has 29 heavy (non-hydrogen) atoms. The Labute approximate surface area is 168 Å². The van der Waals surface area contributed by atoms with E-state index >= 15 is 0 Å². The van der Waals surface area contributed by atoms with Gasteiger partial charge in [0.05, 0.1) is 10.5 Å². The standard InChI is InChI=1S/C21H19NO6S/c23-21(24)16-6-10-18(11-7-16)27-14-15-28-19-12-8-17(9-13-19)22-29(25,26)20-4-2-1-3-5-20/h1-13,22H,14-15H2,(H,23,24). The molecule has 0 atom stereocenters. The summed E-state index contributed by atoms with van der Waals surface area (Å²) in [6, 6.07) is 20.7. The van der Waals surface area contributed by atoms with E-state index in [4.69, 9.17) is 14.6 Å². The number of aromatic carboxylic acids is 1. The highest BCUT2D eigenvalue weighted by atomic mass is 32.2. The van der Waals surface area contributed by atoms with E-state index in [1.54, 1.807) is 54.6 Å². The second-order valence-electron chi connectivity index (χ2n) is 5.97. The van der Waals surface area contributed by atoms with Gasteiger partial charge < -0.3 is 14.6 Å². The lowest BCUT2D eigenvalue weighted by molar-refractivity contribution is 0.0697. The van der Waals surface area contributed by atoms with Crippen LogP contribution in [0.1, 0.15) is 10.4 Å². The molecule has 0 bridgehead atoms. The quantitative estimate of drug-likeness (QED) is 0.519. The van der Waals surface area contributed by atoms with Gasteiger partial charge in [-0.15, -0.1) is 0 Å². The average Bonchev–Trinajstić information content (AvgIpc) is 2.73. The minimum atomic E-state index is -3.63. The molecule has 0 saturated heterocycles. The predicted octanol–water partition coefficient (Wildman–Crippen LogP) is 3.64. The van der Waals surface area contributed by atoms with Crippen molar-refractivity contribution in [1.82, 2.24) is 0 Å². The van der Waals surface area contributed by atoms with Crippen LogP contribution in [0.15, 0.2) is 83.8 Å². The molecule has 0 saturated carbocycles. The highest BCUT2D eigenvalue weighted by molar-refractivity contribution is 7.92. The van der Waals surface area contributed by atoms with Crippen LogP contribution < -0.4 is 14.2 Å². The highest BCUT2D eigenvalue weighted by Gasteiger charge is 2.13. The molecule has 0 amide bonds. The molecule has 3 aromatic rings. The normalized spacial score (nSPS) is 10.9. The van der Waals surface area contributed by atoms with Crippen molar-refractivity contribution in [2.45, 2.75) is 4.90 Å². The number of benzene rings is 3. The van der Waals surface area contributed by atoms with Gasteiger partial charge in [0.2, 0.25) is 0 Å². The molecular weight excluding hydrogens is 394 g/mol. The zero-order chi connectivity index (χ0) is 20.7. The molecule has 0 heterocycles. The van der Waals surface area contributed by atoms with Crippen LogP contribution in [0.5, 0.6) is 11.5 Å². The number of anilines is 1. The molecule has 3 aromatic carbocycles. The van der Waals surface area contributed by atoms with Gasteiger partial charge in [0.25, 0.3) is 10.0 Å². The van der Waals surface area contributed by atoms with Crippen LogP contribution in [-0.4, -0.2) is 32.7 Å². The molecular formula is C21H19NO6S. The fraction of sp³-hybridized carbons (Fsp3) is 0.0952. The number of carboxylic acids is 1. The maximum absolute atomic E-state index is 12.3. The van der Waals surface area contributed by atoms with Gasteiger partial charge in [-0.05, 0) is 60.7 Å². The number of carboxylic acid groups (broad SMARTS) is 1. The Morgan fingerprint density at radius 1 is 0.793 bits per heavy atom. The van der Waals surface area contributed by atoms with Crippen LogP contribution in [0.2, 0.25) is 0 Å². The maximum atomic E-state index is 12.3. The third-order valence-corrected chi connectivity index (χ3v) is 5.28. The van der Waals surface area contributed by atoms with Crippen LogP contribution in [0.3, 0.4) is 0 Å². The van der Waals surface area contributed by atoms with Gasteiger partial charge in [-0.3, -0.25) is 4.72 Å². The minimum Gasteiger partial charge on any atom is -0.490 e. The summed E-state index contributed by atoms with van der Waals surface area (Å²) in [4.78, 5) is 11.0. The number of ether oxygens (including phenoxy) is 2. The van der Waals surface area contributed by atoms with Crippen LogP contribution >= 0.6 is 0 Å². The van der Waals surface area contributed by atoms with E-state index < -0.39 is 16.0 Å². The van der Waals surface area contributed by atoms with Crippen molar-refractivity contribution in [3.63, 3.8) is 0 Å². The third-order valence-electron chi connectivity index (χ3n) is 3.88. The van der Waals surface area contributed by atoms with Crippen molar-refractivity contribution < 1.29 is 27.8 Å². The molecule has 0 radical (unpaired) electrons. The van der Waals surface area contributed by atoms with Gasteiger partial charge >= 0.3 is 5.97 Å². The monoisotopic (exact) mass is 413 g/mol. The summed E-state index contributed by atoms with van der Waals surface area (Å²) in [6.45, 7) is 0.546. The van der Waals surface area contributed by atoms with E-state index in [2.05, 4.69) is 4.72 Å². The summed E-state index contributed by atoms with van der Waals surface area (Å²) in [7, 11) is -3.63. The van der Waals surface area contributed by atoms with Crippen molar-refractivity contribution in [3.05, 3.63) is 84.4 Å². The molecule has 0 aliphatic carbocycles. The van der Waals surface area contributed by atoms with Gasteiger partial charge in [-0.2, -0.15) is 0 Å². The van der Waals surface area contributed by atoms with Crippen LogP contribution in [0.25, 0.3) is 0 Å². The van der Waals surface area contributed by atoms with Crippen molar-refractivity contribution in [2.75, 3.05) is 17.9 Å². The fourth-order valence-electron chi connectivity index (χ4n) is 2.45. The molecule has 3 rings (SSSR count). The highest BCUT2D eigenvalue weighted by Crippen LogP contribution is 2.19. The average molecular weight is 413 g/mol. The molecule has 2 N–H and O–H groups in total. The van der Waals surface area contributed by atoms with E-state index in [9.17, 15) is 13.2 Å². The molecule has 0 aromatic heterocycles. The largest absolute Gasteiger partial charge is 0.490 e. The predicted molar refractivity (Wildman–Crippen MR) is 108 cm³/mol. The van der Waals surface area contributed by atoms with Gasteiger partial charge in [0.15, 0.2) is 0 Å². The van der Waals surface area contributed by atoms with E-state index in [1.807, 2.05) is 0 Å². The lowest BCUT2D eigenvalue weighted by atomic mass is 10.2. The summed E-state index contributed by atoms with van der Waals surface area (Å²) in [5.41, 5.74) is 0.618. The molecule has 0 aliphatic heterocycles. The van der Waals surface area contributed by atoms with Gasteiger partial charge in [0.1, 0.15) is 24.7 Å². The van der Waals surface area contributed by atoms with E-state index in [0.29, 0.717) is 17.2 Å². The van der Waals surface area contributed by atoms with Crippen LogP contribution in [0.4, 0.5) is 5.69 Å². The first kappa shape index (κ1) is 20.2. The van der Waals surface area contributed by atoms with Crippen LogP contribution in [0, 0.1) is 0 Å². The lowest BCUT2D eigenvalue weighted by Crippen LogP contribution is -2.12. The zero-order valence-corrected chi connectivity index (χ0v) is 16.1. The zero-order valence-electron chi connectivity index (χ0n) is 15.3. The maximum Gasteiger partial charge on any atom is 0.335 e. The summed E-state index contributed by atoms with van der Waals surface area (Å²) < 4.78 is 38.2. The topological polar surface area (TPSA) is 102 Å². The molecule has 0 unspecified atom stereocenters. The Morgan fingerprint density at radius 2 is 1.31 bits per heavy atom. The first-order valence-electron chi connectivity index (χ1n) is 8.71. The minimum absolute atomic E-state index is 0.189. The fourth-order valence-corrected chi connectivity index (χ4v) is 3.53. The third kappa shape index (κ3) is 5.73. The van der Waals surface area contributed by atoms with Crippen molar-refractivity contribution >= 4 is 21.7 Å². The van der Waals surface area contributed by atoms with Gasteiger partial charge in [-0.1, -0.05) is 18.2 Å². The Balaban J connectivity index is 1.47. The SMILES string of the molecule is O=C(O)c1ccc(OCCOc2ccc(NS(=O)(=O)c3ccccc3)cc2)cc1. The second kappa shape index (κ2) is 9.11. The second-order valence-corrected chi connectivity index (χ2v) is 7.65. The summed E-state index contributed by atoms with van der Waals surface area (Å²) in [5, 5.41) is 8.86. The Hall–Kier alpha value is -3.52. The first-order chi connectivity index (χ1) is 13.9. The summed E-state index contributed by atoms with van der Waals surface area (Å²) in [5.74, 6) is 0.121. The summed E-state index contributed by atoms with van der Waals surface area (Å²) >= 11 is 0. The van der Waals surface area contributed by atoms with Crippen molar-refractivity contribution in [3.8, 4) is 11.5 Å².